The number of aromatic nitrogens is 1. The molecular weight excluding hydrogens is 254 g/mol. The Labute approximate surface area is 109 Å². The number of rotatable bonds is 2. The van der Waals surface area contributed by atoms with Gasteiger partial charge in [0.1, 0.15) is 5.75 Å². The molecule has 18 heavy (non-hydrogen) atoms. The first-order valence-electron chi connectivity index (χ1n) is 5.33. The number of ether oxygens (including phenoxy) is 1. The molecule has 4 nitrogen and oxygen atoms in total. The van der Waals surface area contributed by atoms with Crippen LogP contribution in [0.4, 0.5) is 0 Å². The zero-order valence-corrected chi connectivity index (χ0v) is 11.0. The molecule has 0 fully saturated rings. The number of halogens is 1. The van der Waals surface area contributed by atoms with E-state index >= 15 is 0 Å². The van der Waals surface area contributed by atoms with E-state index in [1.807, 2.05) is 0 Å². The number of benzene rings is 1. The van der Waals surface area contributed by atoms with Gasteiger partial charge in [-0.15, -0.1) is 0 Å². The fourth-order valence-electron chi connectivity index (χ4n) is 2.01. The van der Waals surface area contributed by atoms with Crippen molar-refractivity contribution in [2.45, 2.75) is 6.92 Å². The molecule has 0 aliphatic heterocycles. The number of nitrogens with zero attached hydrogens (tertiary/aromatic N) is 1. The molecule has 0 spiro atoms. The van der Waals surface area contributed by atoms with Crippen LogP contribution in [-0.4, -0.2) is 18.0 Å². The van der Waals surface area contributed by atoms with Gasteiger partial charge in [0.2, 0.25) is 0 Å². The second kappa shape index (κ2) is 4.46. The maximum atomic E-state index is 12.0. The van der Waals surface area contributed by atoms with Gasteiger partial charge < -0.3 is 9.30 Å². The van der Waals surface area contributed by atoms with Gasteiger partial charge in [0.05, 0.1) is 23.2 Å². The number of hydrogen-bond acceptors (Lipinski definition) is 3. The molecule has 0 bridgehead atoms. The third-order valence-corrected chi connectivity index (χ3v) is 3.39. The lowest BCUT2D eigenvalue weighted by Crippen LogP contribution is -2.22. The lowest BCUT2D eigenvalue weighted by molar-refractivity contribution is 0.112. The molecule has 0 aliphatic rings. The summed E-state index contributed by atoms with van der Waals surface area (Å²) >= 11 is 6.04. The molecule has 1 aromatic heterocycles. The van der Waals surface area contributed by atoms with E-state index < -0.39 is 0 Å². The number of carbonyl (C=O) groups is 1. The summed E-state index contributed by atoms with van der Waals surface area (Å²) < 4.78 is 6.56. The molecule has 0 radical (unpaired) electrons. The Morgan fingerprint density at radius 3 is 2.61 bits per heavy atom. The molecule has 5 heteroatoms. The third-order valence-electron chi connectivity index (χ3n) is 3.09. The van der Waals surface area contributed by atoms with Gasteiger partial charge in [-0.05, 0) is 24.6 Å². The van der Waals surface area contributed by atoms with Crippen LogP contribution in [0.2, 0.25) is 5.02 Å². The average Bonchev–Trinajstić information content (AvgIpc) is 2.36. The summed E-state index contributed by atoms with van der Waals surface area (Å²) in [5.74, 6) is 0.516. The quantitative estimate of drug-likeness (QED) is 0.783. The van der Waals surface area contributed by atoms with Gasteiger partial charge >= 0.3 is 0 Å². The molecule has 0 saturated carbocycles. The van der Waals surface area contributed by atoms with Crippen LogP contribution in [0, 0.1) is 6.92 Å². The second-order valence-corrected chi connectivity index (χ2v) is 4.43. The Morgan fingerprint density at radius 2 is 2.06 bits per heavy atom. The molecule has 2 rings (SSSR count). The molecule has 2 aromatic rings. The van der Waals surface area contributed by atoms with Crippen LogP contribution in [0.3, 0.4) is 0 Å². The fourth-order valence-corrected chi connectivity index (χ4v) is 2.25. The van der Waals surface area contributed by atoms with Crippen molar-refractivity contribution in [2.75, 3.05) is 7.11 Å². The Balaban J connectivity index is 3.03. The SMILES string of the molecule is COc1cc2c(C)c(C=O)c(=O)n(C)c2cc1Cl. The Morgan fingerprint density at radius 1 is 1.39 bits per heavy atom. The van der Waals surface area contributed by atoms with Gasteiger partial charge in [0.15, 0.2) is 6.29 Å². The van der Waals surface area contributed by atoms with Crippen LogP contribution in [-0.2, 0) is 7.05 Å². The van der Waals surface area contributed by atoms with E-state index in [4.69, 9.17) is 16.3 Å². The highest BCUT2D eigenvalue weighted by molar-refractivity contribution is 6.32. The lowest BCUT2D eigenvalue weighted by Gasteiger charge is -2.12. The van der Waals surface area contributed by atoms with Crippen molar-refractivity contribution < 1.29 is 9.53 Å². The van der Waals surface area contributed by atoms with Crippen molar-refractivity contribution in [3.8, 4) is 5.75 Å². The highest BCUT2D eigenvalue weighted by Crippen LogP contribution is 2.31. The monoisotopic (exact) mass is 265 g/mol. The van der Waals surface area contributed by atoms with Gasteiger partial charge in [-0.1, -0.05) is 11.6 Å². The normalized spacial score (nSPS) is 10.7. The average molecular weight is 266 g/mol. The molecule has 1 heterocycles. The van der Waals surface area contributed by atoms with Crippen LogP contribution >= 0.6 is 11.6 Å². The van der Waals surface area contributed by atoms with E-state index in [9.17, 15) is 9.59 Å². The maximum Gasteiger partial charge on any atom is 0.261 e. The van der Waals surface area contributed by atoms with E-state index in [2.05, 4.69) is 0 Å². The summed E-state index contributed by atoms with van der Waals surface area (Å²) in [4.78, 5) is 23.0. The van der Waals surface area contributed by atoms with Gasteiger partial charge in [-0.2, -0.15) is 0 Å². The van der Waals surface area contributed by atoms with Crippen LogP contribution < -0.4 is 10.3 Å². The first-order chi connectivity index (χ1) is 8.51. The first-order valence-corrected chi connectivity index (χ1v) is 5.71. The van der Waals surface area contributed by atoms with Gasteiger partial charge in [-0.3, -0.25) is 9.59 Å². The zero-order valence-electron chi connectivity index (χ0n) is 10.3. The zero-order chi connectivity index (χ0) is 13.4. The van der Waals surface area contributed by atoms with Gasteiger partial charge in [-0.25, -0.2) is 0 Å². The molecule has 0 aliphatic carbocycles. The number of methoxy groups -OCH3 is 1. The molecule has 1 aromatic carbocycles. The van der Waals surface area contributed by atoms with Crippen molar-refractivity contribution in [3.05, 3.63) is 38.6 Å². The molecule has 0 N–H and O–H groups in total. The second-order valence-electron chi connectivity index (χ2n) is 4.02. The third kappa shape index (κ3) is 1.69. The number of aryl methyl sites for hydroxylation is 2. The smallest absolute Gasteiger partial charge is 0.261 e. The van der Waals surface area contributed by atoms with E-state index in [1.54, 1.807) is 26.1 Å². The molecule has 0 saturated heterocycles. The predicted octanol–water partition coefficient (Wildman–Crippen LogP) is 2.32. The molecule has 0 amide bonds. The Kier molecular flexibility index (Phi) is 3.13. The first kappa shape index (κ1) is 12.6. The standard InChI is InChI=1S/C13H12ClNO3/c1-7-8-4-12(18-3)10(14)5-11(8)15(2)13(17)9(7)6-16/h4-6H,1-3H3. The van der Waals surface area contributed by atoms with E-state index in [1.165, 1.54) is 11.7 Å². The van der Waals surface area contributed by atoms with Gasteiger partial charge in [0.25, 0.3) is 5.56 Å². The molecular formula is C13H12ClNO3. The summed E-state index contributed by atoms with van der Waals surface area (Å²) in [5.41, 5.74) is 1.15. The summed E-state index contributed by atoms with van der Waals surface area (Å²) in [6, 6.07) is 3.40. The number of aldehydes is 1. The summed E-state index contributed by atoms with van der Waals surface area (Å²) in [5, 5.41) is 1.21. The minimum absolute atomic E-state index is 0.161. The lowest BCUT2D eigenvalue weighted by atomic mass is 10.0. The highest BCUT2D eigenvalue weighted by atomic mass is 35.5. The number of hydrogen-bond donors (Lipinski definition) is 0. The number of fused-ring (bicyclic) bond motifs is 1. The van der Waals surface area contributed by atoms with Crippen LogP contribution in [0.15, 0.2) is 16.9 Å². The van der Waals surface area contributed by atoms with Crippen LogP contribution in [0.5, 0.6) is 5.75 Å². The van der Waals surface area contributed by atoms with Crippen LogP contribution in [0.25, 0.3) is 10.9 Å². The topological polar surface area (TPSA) is 48.3 Å². The van der Waals surface area contributed by atoms with Crippen molar-refractivity contribution in [3.63, 3.8) is 0 Å². The molecule has 94 valence electrons. The Bertz CT molecular complexity index is 704. The highest BCUT2D eigenvalue weighted by Gasteiger charge is 2.14. The van der Waals surface area contributed by atoms with Crippen LogP contribution in [0.1, 0.15) is 15.9 Å². The van der Waals surface area contributed by atoms with E-state index in [-0.39, 0.29) is 11.1 Å². The number of carbonyl (C=O) groups excluding carboxylic acids is 1. The predicted molar refractivity (Wildman–Crippen MR) is 70.9 cm³/mol. The summed E-state index contributed by atoms with van der Waals surface area (Å²) in [6.45, 7) is 1.74. The minimum atomic E-state index is -0.323. The minimum Gasteiger partial charge on any atom is -0.495 e. The largest absolute Gasteiger partial charge is 0.495 e. The summed E-state index contributed by atoms with van der Waals surface area (Å²) in [7, 11) is 3.13. The molecule has 0 atom stereocenters. The van der Waals surface area contributed by atoms with Crippen molar-refractivity contribution in [1.29, 1.82) is 0 Å². The molecule has 0 unspecified atom stereocenters. The van der Waals surface area contributed by atoms with Crippen molar-refractivity contribution in [2.24, 2.45) is 7.05 Å². The Hall–Kier alpha value is -1.81. The van der Waals surface area contributed by atoms with Gasteiger partial charge in [0, 0.05) is 12.4 Å². The maximum absolute atomic E-state index is 12.0. The van der Waals surface area contributed by atoms with Crippen molar-refractivity contribution in [1.82, 2.24) is 4.57 Å². The van der Waals surface area contributed by atoms with E-state index in [0.29, 0.717) is 28.1 Å². The van der Waals surface area contributed by atoms with E-state index in [0.717, 1.165) is 5.39 Å². The number of pyridine rings is 1. The van der Waals surface area contributed by atoms with Crippen molar-refractivity contribution >= 4 is 28.8 Å². The summed E-state index contributed by atoms with van der Waals surface area (Å²) in [6.07, 6.45) is 0.582. The fraction of sp³-hybridized carbons (Fsp3) is 0.231.